The van der Waals surface area contributed by atoms with E-state index in [-0.39, 0.29) is 11.3 Å². The number of nitro groups is 1. The maximum Gasteiger partial charge on any atom is 0.269 e. The fourth-order valence-corrected chi connectivity index (χ4v) is 3.27. The zero-order valence-electron chi connectivity index (χ0n) is 16.0. The van der Waals surface area contributed by atoms with E-state index < -0.39 is 16.4 Å². The van der Waals surface area contributed by atoms with Gasteiger partial charge in [0.05, 0.1) is 4.92 Å². The molecule has 0 aliphatic carbocycles. The summed E-state index contributed by atoms with van der Waals surface area (Å²) in [6, 6.07) is 21.0. The number of hydrogen-bond acceptors (Lipinski definition) is 4. The highest BCUT2D eigenvalue weighted by molar-refractivity contribution is 6.04. The first-order valence-electron chi connectivity index (χ1n) is 9.21. The van der Waals surface area contributed by atoms with Crippen LogP contribution in [-0.2, 0) is 0 Å². The van der Waals surface area contributed by atoms with Crippen molar-refractivity contribution >= 4 is 28.1 Å². The Morgan fingerprint density at radius 2 is 1.73 bits per heavy atom. The van der Waals surface area contributed by atoms with Crippen LogP contribution in [0.4, 0.5) is 11.4 Å². The van der Waals surface area contributed by atoms with Crippen molar-refractivity contribution in [2.75, 3.05) is 5.32 Å². The van der Waals surface area contributed by atoms with E-state index in [4.69, 9.17) is 0 Å². The highest BCUT2D eigenvalue weighted by Crippen LogP contribution is 2.23. The Balaban J connectivity index is 1.60. The summed E-state index contributed by atoms with van der Waals surface area (Å²) in [5.41, 5.74) is 1.75. The van der Waals surface area contributed by atoms with Gasteiger partial charge in [0.15, 0.2) is 0 Å². The largest absolute Gasteiger partial charge is 0.322 e. The Morgan fingerprint density at radius 3 is 2.43 bits per heavy atom. The molecule has 0 fully saturated rings. The first-order valence-corrected chi connectivity index (χ1v) is 9.21. The second-order valence-corrected chi connectivity index (χ2v) is 6.89. The minimum Gasteiger partial charge on any atom is -0.322 e. The molecule has 0 saturated carbocycles. The average molecular weight is 399 g/mol. The van der Waals surface area contributed by atoms with Crippen molar-refractivity contribution in [1.29, 1.82) is 0 Å². The molecule has 148 valence electrons. The monoisotopic (exact) mass is 399 g/mol. The van der Waals surface area contributed by atoms with E-state index in [2.05, 4.69) is 10.3 Å². The third-order valence-electron chi connectivity index (χ3n) is 4.88. The molecule has 0 unspecified atom stereocenters. The number of aromatic amines is 1. The third kappa shape index (κ3) is 3.68. The molecule has 0 aliphatic rings. The molecule has 1 aromatic heterocycles. The Bertz CT molecular complexity index is 1360. The van der Waals surface area contributed by atoms with E-state index in [1.54, 1.807) is 13.0 Å². The summed E-state index contributed by atoms with van der Waals surface area (Å²) in [5, 5.41) is 15.6. The predicted molar refractivity (Wildman–Crippen MR) is 116 cm³/mol. The Labute approximate surface area is 171 Å². The number of nitrogens with zero attached hydrogens (tertiary/aromatic N) is 1. The first kappa shape index (κ1) is 19.1. The third-order valence-corrected chi connectivity index (χ3v) is 4.88. The van der Waals surface area contributed by atoms with E-state index in [1.807, 2.05) is 42.5 Å². The van der Waals surface area contributed by atoms with Gasteiger partial charge in [0, 0.05) is 23.5 Å². The van der Waals surface area contributed by atoms with Gasteiger partial charge in [-0.1, -0.05) is 36.4 Å². The first-order chi connectivity index (χ1) is 14.4. The molecule has 0 radical (unpaired) electrons. The fourth-order valence-electron chi connectivity index (χ4n) is 3.27. The number of nitro benzene ring substituents is 1. The van der Waals surface area contributed by atoms with E-state index in [1.165, 1.54) is 24.3 Å². The molecular formula is C23H17N3O4. The van der Waals surface area contributed by atoms with Crippen LogP contribution in [0.15, 0.2) is 77.6 Å². The van der Waals surface area contributed by atoms with Crippen molar-refractivity contribution in [2.45, 2.75) is 6.92 Å². The van der Waals surface area contributed by atoms with E-state index in [0.29, 0.717) is 16.9 Å². The summed E-state index contributed by atoms with van der Waals surface area (Å²) in [5.74, 6) is -0.585. The minimum atomic E-state index is -0.585. The number of rotatable bonds is 4. The van der Waals surface area contributed by atoms with Crippen LogP contribution in [-0.4, -0.2) is 15.8 Å². The lowest BCUT2D eigenvalue weighted by Crippen LogP contribution is -2.23. The summed E-state index contributed by atoms with van der Waals surface area (Å²) >= 11 is 0. The number of aromatic nitrogens is 1. The van der Waals surface area contributed by atoms with Crippen LogP contribution >= 0.6 is 0 Å². The number of pyridine rings is 1. The molecule has 0 bridgehead atoms. The van der Waals surface area contributed by atoms with Crippen LogP contribution in [0.3, 0.4) is 0 Å². The summed E-state index contributed by atoms with van der Waals surface area (Å²) in [6.45, 7) is 1.65. The molecule has 1 heterocycles. The lowest BCUT2D eigenvalue weighted by atomic mass is 10.0. The number of amides is 1. The number of non-ortho nitro benzene ring substituents is 1. The van der Waals surface area contributed by atoms with Gasteiger partial charge in [-0.3, -0.25) is 19.7 Å². The van der Waals surface area contributed by atoms with Crippen molar-refractivity contribution < 1.29 is 9.72 Å². The van der Waals surface area contributed by atoms with Gasteiger partial charge in [-0.25, -0.2) is 0 Å². The normalized spacial score (nSPS) is 10.7. The maximum atomic E-state index is 12.6. The lowest BCUT2D eigenvalue weighted by Gasteiger charge is -2.09. The molecule has 30 heavy (non-hydrogen) atoms. The van der Waals surface area contributed by atoms with Crippen LogP contribution in [0.5, 0.6) is 0 Å². The Kier molecular flexibility index (Phi) is 4.85. The second-order valence-electron chi connectivity index (χ2n) is 6.89. The number of benzene rings is 3. The SMILES string of the molecule is Cc1cc([N+](=O)[O-])ccc1NC(=O)c1ccc(-c2ccc3ccccc3c2)[nH]c1=O. The number of carbonyl (C=O) groups is 1. The zero-order valence-corrected chi connectivity index (χ0v) is 16.0. The molecule has 2 N–H and O–H groups in total. The summed E-state index contributed by atoms with van der Waals surface area (Å²) in [7, 11) is 0. The van der Waals surface area contributed by atoms with Crippen LogP contribution < -0.4 is 10.9 Å². The van der Waals surface area contributed by atoms with Crippen molar-refractivity contribution in [3.8, 4) is 11.3 Å². The zero-order chi connectivity index (χ0) is 21.3. The van der Waals surface area contributed by atoms with Crippen LogP contribution in [0.25, 0.3) is 22.0 Å². The summed E-state index contributed by atoms with van der Waals surface area (Å²) < 4.78 is 0. The Hall–Kier alpha value is -4.26. The molecule has 4 rings (SSSR count). The number of aryl methyl sites for hydroxylation is 1. The number of carbonyl (C=O) groups excluding carboxylic acids is 1. The summed E-state index contributed by atoms with van der Waals surface area (Å²) in [6.07, 6.45) is 0. The van der Waals surface area contributed by atoms with Gasteiger partial charge in [-0.2, -0.15) is 0 Å². The van der Waals surface area contributed by atoms with E-state index in [9.17, 15) is 19.7 Å². The standard InChI is InChI=1S/C23H17N3O4/c1-14-12-18(26(29)30)8-10-20(14)24-22(27)19-9-11-21(25-23(19)28)17-7-6-15-4-2-3-5-16(15)13-17/h2-13H,1H3,(H,24,27)(H,25,28). The van der Waals surface area contributed by atoms with Gasteiger partial charge in [0.1, 0.15) is 5.56 Å². The van der Waals surface area contributed by atoms with Crippen LogP contribution in [0.2, 0.25) is 0 Å². The van der Waals surface area contributed by atoms with Crippen molar-refractivity contribution in [1.82, 2.24) is 4.98 Å². The molecule has 4 aromatic rings. The number of fused-ring (bicyclic) bond motifs is 1. The summed E-state index contributed by atoms with van der Waals surface area (Å²) in [4.78, 5) is 38.2. The highest BCUT2D eigenvalue weighted by atomic mass is 16.6. The average Bonchev–Trinajstić information content (AvgIpc) is 2.74. The van der Waals surface area contributed by atoms with Gasteiger partial charge in [-0.15, -0.1) is 0 Å². The van der Waals surface area contributed by atoms with Crippen LogP contribution in [0.1, 0.15) is 15.9 Å². The van der Waals surface area contributed by atoms with Gasteiger partial charge < -0.3 is 10.3 Å². The van der Waals surface area contributed by atoms with Crippen LogP contribution in [0, 0.1) is 17.0 Å². The molecule has 0 saturated heterocycles. The molecular weight excluding hydrogens is 382 g/mol. The lowest BCUT2D eigenvalue weighted by molar-refractivity contribution is -0.384. The maximum absolute atomic E-state index is 12.6. The van der Waals surface area contributed by atoms with Crippen molar-refractivity contribution in [2.24, 2.45) is 0 Å². The predicted octanol–water partition coefficient (Wildman–Crippen LogP) is 4.66. The molecule has 0 spiro atoms. The topological polar surface area (TPSA) is 105 Å². The van der Waals surface area contributed by atoms with Gasteiger partial charge in [-0.05, 0) is 53.1 Å². The molecule has 7 nitrogen and oxygen atoms in total. The number of anilines is 1. The molecule has 3 aromatic carbocycles. The second kappa shape index (κ2) is 7.63. The Morgan fingerprint density at radius 1 is 0.967 bits per heavy atom. The van der Waals surface area contributed by atoms with E-state index >= 15 is 0 Å². The van der Waals surface area contributed by atoms with Crippen molar-refractivity contribution in [3.05, 3.63) is 104 Å². The molecule has 7 heteroatoms. The minimum absolute atomic E-state index is 0.0442. The highest BCUT2D eigenvalue weighted by Gasteiger charge is 2.15. The molecule has 0 aliphatic heterocycles. The van der Waals surface area contributed by atoms with E-state index in [0.717, 1.165) is 16.3 Å². The van der Waals surface area contributed by atoms with Gasteiger partial charge in [0.2, 0.25) is 0 Å². The van der Waals surface area contributed by atoms with Crippen molar-refractivity contribution in [3.63, 3.8) is 0 Å². The number of H-pyrrole nitrogens is 1. The van der Waals surface area contributed by atoms with Gasteiger partial charge >= 0.3 is 0 Å². The molecule has 0 atom stereocenters. The quantitative estimate of drug-likeness (QED) is 0.384. The fraction of sp³-hybridized carbons (Fsp3) is 0.0435. The number of hydrogen-bond donors (Lipinski definition) is 2. The van der Waals surface area contributed by atoms with Gasteiger partial charge in [0.25, 0.3) is 17.2 Å². The molecule has 1 amide bonds. The number of nitrogens with one attached hydrogen (secondary N) is 2. The smallest absolute Gasteiger partial charge is 0.269 e.